The van der Waals surface area contributed by atoms with Crippen LogP contribution in [0.25, 0.3) is 0 Å². The molecule has 6 nitrogen and oxygen atoms in total. The summed E-state index contributed by atoms with van der Waals surface area (Å²) in [6.45, 7) is 1.62. The lowest BCUT2D eigenvalue weighted by Gasteiger charge is -2.09. The normalized spacial score (nSPS) is 10.0. The molecule has 0 radical (unpaired) electrons. The Morgan fingerprint density at radius 2 is 1.95 bits per heavy atom. The number of carbonyl (C=O) groups is 1. The van der Waals surface area contributed by atoms with Crippen molar-refractivity contribution < 1.29 is 14.5 Å². The van der Waals surface area contributed by atoms with Crippen LogP contribution in [0.15, 0.2) is 46.9 Å². The Bertz CT molecular complexity index is 689. The number of ether oxygens (including phenoxy) is 1. The van der Waals surface area contributed by atoms with Gasteiger partial charge in [-0.3, -0.25) is 15.4 Å². The third-order valence-electron chi connectivity index (χ3n) is 2.67. The number of hydrogen-bond donors (Lipinski definition) is 1. The third-order valence-corrected chi connectivity index (χ3v) is 3.33. The number of nitro benzene ring substituents is 1. The van der Waals surface area contributed by atoms with E-state index in [2.05, 4.69) is 21.2 Å². The quantitative estimate of drug-likeness (QED) is 0.661. The number of aryl methyl sites for hydroxylation is 1. The average molecular weight is 351 g/mol. The summed E-state index contributed by atoms with van der Waals surface area (Å²) in [5.41, 5.74) is 0.690. The second-order valence-electron chi connectivity index (χ2n) is 4.20. The number of amides is 1. The fraction of sp³-hybridized carbons (Fsp3) is 0.0714. The molecule has 0 bridgehead atoms. The van der Waals surface area contributed by atoms with E-state index in [1.165, 1.54) is 6.07 Å². The largest absolute Gasteiger partial charge is 0.417 e. The van der Waals surface area contributed by atoms with E-state index in [1.54, 1.807) is 43.3 Å². The predicted octanol–water partition coefficient (Wildman–Crippen LogP) is 4.28. The lowest BCUT2D eigenvalue weighted by atomic mass is 10.2. The van der Waals surface area contributed by atoms with Gasteiger partial charge in [0, 0.05) is 16.1 Å². The minimum atomic E-state index is -0.722. The molecule has 0 spiro atoms. The van der Waals surface area contributed by atoms with Crippen LogP contribution in [0.4, 0.5) is 16.2 Å². The van der Waals surface area contributed by atoms with Gasteiger partial charge in [-0.05, 0) is 41.1 Å². The van der Waals surface area contributed by atoms with Gasteiger partial charge in [0.1, 0.15) is 5.75 Å². The zero-order valence-corrected chi connectivity index (χ0v) is 12.6. The second-order valence-corrected chi connectivity index (χ2v) is 5.06. The summed E-state index contributed by atoms with van der Waals surface area (Å²) < 4.78 is 5.60. The van der Waals surface area contributed by atoms with Crippen molar-refractivity contribution in [3.8, 4) is 5.75 Å². The molecule has 2 aromatic rings. The summed E-state index contributed by atoms with van der Waals surface area (Å²) in [6.07, 6.45) is -0.722. The monoisotopic (exact) mass is 350 g/mol. The van der Waals surface area contributed by atoms with Gasteiger partial charge >= 0.3 is 6.09 Å². The van der Waals surface area contributed by atoms with Crippen molar-refractivity contribution in [3.63, 3.8) is 0 Å². The number of benzene rings is 2. The van der Waals surface area contributed by atoms with Crippen molar-refractivity contribution in [3.05, 3.63) is 62.6 Å². The lowest BCUT2D eigenvalue weighted by Crippen LogP contribution is -2.17. The third kappa shape index (κ3) is 3.79. The number of anilines is 1. The van der Waals surface area contributed by atoms with Crippen molar-refractivity contribution in [2.45, 2.75) is 6.92 Å². The highest BCUT2D eigenvalue weighted by Crippen LogP contribution is 2.30. The summed E-state index contributed by atoms with van der Waals surface area (Å²) in [7, 11) is 0. The maximum absolute atomic E-state index is 11.8. The van der Waals surface area contributed by atoms with E-state index in [0.29, 0.717) is 15.8 Å². The van der Waals surface area contributed by atoms with E-state index in [9.17, 15) is 14.9 Å². The first-order valence-corrected chi connectivity index (χ1v) is 6.75. The zero-order chi connectivity index (χ0) is 15.4. The summed E-state index contributed by atoms with van der Waals surface area (Å²) in [5.74, 6) is 0.382. The van der Waals surface area contributed by atoms with E-state index in [4.69, 9.17) is 4.74 Å². The Kier molecular flexibility index (Phi) is 4.54. The van der Waals surface area contributed by atoms with E-state index < -0.39 is 11.0 Å². The van der Waals surface area contributed by atoms with E-state index in [-0.39, 0.29) is 11.4 Å². The Labute approximate surface area is 129 Å². The fourth-order valence-corrected chi connectivity index (χ4v) is 2.24. The van der Waals surface area contributed by atoms with Gasteiger partial charge < -0.3 is 4.74 Å². The molecule has 7 heteroatoms. The molecule has 0 aliphatic rings. The molecule has 0 fully saturated rings. The summed E-state index contributed by atoms with van der Waals surface area (Å²) in [6, 6.07) is 11.4. The van der Waals surface area contributed by atoms with Crippen LogP contribution < -0.4 is 10.1 Å². The molecule has 2 rings (SSSR count). The highest BCUT2D eigenvalue weighted by molar-refractivity contribution is 9.10. The standard InChI is InChI=1S/C14H11BrN2O4/c1-9-7-11(15)12(8-13(9)17(19)20)16-14(18)21-10-5-3-2-4-6-10/h2-8H,1H3,(H,16,18). The zero-order valence-electron chi connectivity index (χ0n) is 11.0. The highest BCUT2D eigenvalue weighted by atomic mass is 79.9. The van der Waals surface area contributed by atoms with Crippen molar-refractivity contribution in [2.24, 2.45) is 0 Å². The molecule has 0 heterocycles. The molecule has 0 saturated heterocycles. The highest BCUT2D eigenvalue weighted by Gasteiger charge is 2.16. The van der Waals surface area contributed by atoms with Gasteiger partial charge in [-0.15, -0.1) is 0 Å². The van der Waals surface area contributed by atoms with Crippen molar-refractivity contribution in [2.75, 3.05) is 5.32 Å². The predicted molar refractivity (Wildman–Crippen MR) is 81.6 cm³/mol. The second kappa shape index (κ2) is 6.36. The lowest BCUT2D eigenvalue weighted by molar-refractivity contribution is -0.385. The first kappa shape index (κ1) is 15.0. The summed E-state index contributed by atoms with van der Waals surface area (Å²) in [4.78, 5) is 22.2. The van der Waals surface area contributed by atoms with Crippen LogP contribution >= 0.6 is 15.9 Å². The molecular formula is C14H11BrN2O4. The topological polar surface area (TPSA) is 81.5 Å². The number of nitrogens with one attached hydrogen (secondary N) is 1. The van der Waals surface area contributed by atoms with Gasteiger partial charge in [0.25, 0.3) is 5.69 Å². The van der Waals surface area contributed by atoms with E-state index >= 15 is 0 Å². The molecule has 108 valence electrons. The van der Waals surface area contributed by atoms with Crippen LogP contribution in [0.3, 0.4) is 0 Å². The van der Waals surface area contributed by atoms with Gasteiger partial charge in [0.15, 0.2) is 0 Å². The van der Waals surface area contributed by atoms with Crippen LogP contribution in [0.5, 0.6) is 5.75 Å². The Hall–Kier alpha value is -2.41. The van der Waals surface area contributed by atoms with Gasteiger partial charge in [-0.25, -0.2) is 4.79 Å². The molecule has 0 aromatic heterocycles. The number of carbonyl (C=O) groups excluding carboxylic acids is 1. The number of halogens is 1. The first-order valence-electron chi connectivity index (χ1n) is 5.96. The maximum atomic E-state index is 11.8. The molecule has 0 unspecified atom stereocenters. The molecule has 0 aliphatic heterocycles. The number of para-hydroxylation sites is 1. The SMILES string of the molecule is Cc1cc(Br)c(NC(=O)Oc2ccccc2)cc1[N+](=O)[O-]. The molecule has 0 aliphatic carbocycles. The molecule has 0 atom stereocenters. The Morgan fingerprint density at radius 3 is 2.57 bits per heavy atom. The van der Waals surface area contributed by atoms with Crippen LogP contribution in [0.2, 0.25) is 0 Å². The molecule has 2 aromatic carbocycles. The van der Waals surface area contributed by atoms with Crippen molar-refractivity contribution in [1.29, 1.82) is 0 Å². The van der Waals surface area contributed by atoms with Crippen LogP contribution in [0, 0.1) is 17.0 Å². The van der Waals surface area contributed by atoms with Crippen LogP contribution in [0.1, 0.15) is 5.56 Å². The summed E-state index contributed by atoms with van der Waals surface area (Å²) in [5, 5.41) is 13.4. The maximum Gasteiger partial charge on any atom is 0.417 e. The minimum absolute atomic E-state index is 0.0757. The average Bonchev–Trinajstić information content (AvgIpc) is 2.42. The van der Waals surface area contributed by atoms with Gasteiger partial charge in [-0.2, -0.15) is 0 Å². The van der Waals surface area contributed by atoms with Gasteiger partial charge in [-0.1, -0.05) is 18.2 Å². The molecule has 0 saturated carbocycles. The van der Waals surface area contributed by atoms with Crippen molar-refractivity contribution in [1.82, 2.24) is 0 Å². The minimum Gasteiger partial charge on any atom is -0.410 e. The number of rotatable bonds is 3. The smallest absolute Gasteiger partial charge is 0.410 e. The molecule has 1 N–H and O–H groups in total. The summed E-state index contributed by atoms with van der Waals surface area (Å²) >= 11 is 3.25. The van der Waals surface area contributed by atoms with Crippen LogP contribution in [-0.4, -0.2) is 11.0 Å². The Morgan fingerprint density at radius 1 is 1.29 bits per heavy atom. The molecular weight excluding hydrogens is 340 g/mol. The number of hydrogen-bond acceptors (Lipinski definition) is 4. The molecule has 1 amide bonds. The Balaban J connectivity index is 2.17. The van der Waals surface area contributed by atoms with Crippen LogP contribution in [-0.2, 0) is 0 Å². The van der Waals surface area contributed by atoms with Gasteiger partial charge in [0.05, 0.1) is 10.6 Å². The number of nitro groups is 1. The first-order chi connectivity index (χ1) is 9.97. The number of nitrogens with zero attached hydrogens (tertiary/aromatic N) is 1. The van der Waals surface area contributed by atoms with E-state index in [1.807, 2.05) is 0 Å². The van der Waals surface area contributed by atoms with E-state index in [0.717, 1.165) is 0 Å². The van der Waals surface area contributed by atoms with Crippen molar-refractivity contribution >= 4 is 33.4 Å². The van der Waals surface area contributed by atoms with Gasteiger partial charge in [0.2, 0.25) is 0 Å². The molecule has 21 heavy (non-hydrogen) atoms. The fourth-order valence-electron chi connectivity index (χ4n) is 1.68.